The fourth-order valence-electron chi connectivity index (χ4n) is 1.47. The molecule has 0 aromatic heterocycles. The molecular weight excluding hydrogens is 226 g/mol. The Bertz CT molecular complexity index is 456. The maximum atomic E-state index is 11.9. The number of benzene rings is 1. The predicted octanol–water partition coefficient (Wildman–Crippen LogP) is 0.762. The van der Waals surface area contributed by atoms with Crippen molar-refractivity contribution in [1.82, 2.24) is 10.2 Å². The lowest BCUT2D eigenvalue weighted by Gasteiger charge is -2.19. The van der Waals surface area contributed by atoms with Crippen molar-refractivity contribution in [2.45, 2.75) is 6.54 Å². The quantitative estimate of drug-likeness (QED) is 0.454. The Morgan fingerprint density at radius 1 is 1.39 bits per heavy atom. The largest absolute Gasteiger partial charge is 0.324 e. The number of terminal acetylenes is 1. The summed E-state index contributed by atoms with van der Waals surface area (Å²) < 4.78 is 0. The molecule has 0 fully saturated rings. The van der Waals surface area contributed by atoms with Crippen LogP contribution in [0.4, 0.5) is 0 Å². The summed E-state index contributed by atoms with van der Waals surface area (Å²) in [7, 11) is 0. The third-order valence-electron chi connectivity index (χ3n) is 2.33. The van der Waals surface area contributed by atoms with Crippen LogP contribution in [0.1, 0.15) is 5.56 Å². The Hall–Kier alpha value is -2.30. The van der Waals surface area contributed by atoms with Crippen molar-refractivity contribution in [3.63, 3.8) is 0 Å². The van der Waals surface area contributed by atoms with Gasteiger partial charge >= 0.3 is 0 Å². The van der Waals surface area contributed by atoms with Gasteiger partial charge in [0.25, 0.3) is 0 Å². The van der Waals surface area contributed by atoms with Crippen molar-refractivity contribution >= 4 is 5.91 Å². The number of nitriles is 1. The minimum absolute atomic E-state index is 0.0749. The summed E-state index contributed by atoms with van der Waals surface area (Å²) >= 11 is 0. The van der Waals surface area contributed by atoms with Gasteiger partial charge in [0.1, 0.15) is 6.54 Å². The minimum Gasteiger partial charge on any atom is -0.324 e. The fourth-order valence-corrected chi connectivity index (χ4v) is 1.47. The van der Waals surface area contributed by atoms with Crippen LogP contribution < -0.4 is 5.32 Å². The zero-order chi connectivity index (χ0) is 13.2. The molecule has 0 radical (unpaired) electrons. The highest BCUT2D eigenvalue weighted by Gasteiger charge is 2.12. The molecule has 0 saturated heterocycles. The molecule has 4 heteroatoms. The van der Waals surface area contributed by atoms with Crippen LogP contribution in [0.25, 0.3) is 0 Å². The average molecular weight is 241 g/mol. The summed E-state index contributed by atoms with van der Waals surface area (Å²) in [5.74, 6) is 2.27. The number of amides is 1. The number of hydrogen-bond acceptors (Lipinski definition) is 3. The standard InChI is InChI=1S/C14H15N3O/c1-2-9-16-11-14(18)17(10-8-15)12-13-6-4-3-5-7-13/h1,3-7,16H,9-12H2. The van der Waals surface area contributed by atoms with Crippen LogP contribution in [-0.4, -0.2) is 30.4 Å². The Kier molecular flexibility index (Phi) is 6.03. The monoisotopic (exact) mass is 241 g/mol. The molecule has 1 amide bonds. The number of rotatable bonds is 6. The second kappa shape index (κ2) is 7.89. The summed E-state index contributed by atoms with van der Waals surface area (Å²) in [6, 6.07) is 11.6. The van der Waals surface area contributed by atoms with Gasteiger partial charge in [-0.2, -0.15) is 5.26 Å². The highest BCUT2D eigenvalue weighted by atomic mass is 16.2. The van der Waals surface area contributed by atoms with Gasteiger partial charge in [-0.25, -0.2) is 0 Å². The molecule has 1 aromatic carbocycles. The molecule has 0 unspecified atom stereocenters. The lowest BCUT2D eigenvalue weighted by molar-refractivity contribution is -0.130. The third-order valence-corrected chi connectivity index (χ3v) is 2.33. The Labute approximate surface area is 107 Å². The molecule has 18 heavy (non-hydrogen) atoms. The molecule has 4 nitrogen and oxygen atoms in total. The molecular formula is C14H15N3O. The van der Waals surface area contributed by atoms with Crippen molar-refractivity contribution < 1.29 is 4.79 Å². The van der Waals surface area contributed by atoms with Crippen LogP contribution in [-0.2, 0) is 11.3 Å². The summed E-state index contributed by atoms with van der Waals surface area (Å²) in [6.07, 6.45) is 5.08. The van der Waals surface area contributed by atoms with Gasteiger partial charge in [-0.1, -0.05) is 36.3 Å². The van der Waals surface area contributed by atoms with E-state index in [4.69, 9.17) is 11.7 Å². The molecule has 1 N–H and O–H groups in total. The van der Waals surface area contributed by atoms with E-state index >= 15 is 0 Å². The molecule has 1 aromatic rings. The molecule has 0 aliphatic carbocycles. The third kappa shape index (κ3) is 4.69. The highest BCUT2D eigenvalue weighted by molar-refractivity contribution is 5.78. The van der Waals surface area contributed by atoms with Gasteiger partial charge in [-0.15, -0.1) is 6.42 Å². The van der Waals surface area contributed by atoms with E-state index in [-0.39, 0.29) is 19.0 Å². The lowest BCUT2D eigenvalue weighted by atomic mass is 10.2. The number of nitrogens with zero attached hydrogens (tertiary/aromatic N) is 2. The van der Waals surface area contributed by atoms with Crippen molar-refractivity contribution in [1.29, 1.82) is 5.26 Å². The van der Waals surface area contributed by atoms with Gasteiger partial charge in [-0.05, 0) is 5.56 Å². The van der Waals surface area contributed by atoms with Crippen molar-refractivity contribution in [2.24, 2.45) is 0 Å². The molecule has 0 heterocycles. The summed E-state index contributed by atoms with van der Waals surface area (Å²) in [4.78, 5) is 13.4. The van der Waals surface area contributed by atoms with Crippen LogP contribution in [0.15, 0.2) is 30.3 Å². The van der Waals surface area contributed by atoms with E-state index in [1.807, 2.05) is 36.4 Å². The number of nitrogens with one attached hydrogen (secondary N) is 1. The van der Waals surface area contributed by atoms with Crippen LogP contribution >= 0.6 is 0 Å². The van der Waals surface area contributed by atoms with Gasteiger partial charge < -0.3 is 4.90 Å². The highest BCUT2D eigenvalue weighted by Crippen LogP contribution is 2.04. The smallest absolute Gasteiger partial charge is 0.237 e. The Balaban J connectivity index is 2.57. The maximum absolute atomic E-state index is 11.9. The molecule has 0 saturated carbocycles. The van der Waals surface area contributed by atoms with Crippen LogP contribution in [0.2, 0.25) is 0 Å². The van der Waals surface area contributed by atoms with E-state index in [0.717, 1.165) is 5.56 Å². The normalized spacial score (nSPS) is 9.22. The first-order valence-electron chi connectivity index (χ1n) is 5.60. The number of carbonyl (C=O) groups is 1. The predicted molar refractivity (Wildman–Crippen MR) is 69.2 cm³/mol. The van der Waals surface area contributed by atoms with Crippen molar-refractivity contribution in [2.75, 3.05) is 19.6 Å². The molecule has 1 rings (SSSR count). The molecule has 92 valence electrons. The molecule has 0 atom stereocenters. The zero-order valence-electron chi connectivity index (χ0n) is 10.1. The number of hydrogen-bond donors (Lipinski definition) is 1. The van der Waals surface area contributed by atoms with Crippen LogP contribution in [0, 0.1) is 23.7 Å². The van der Waals surface area contributed by atoms with E-state index in [2.05, 4.69) is 11.2 Å². The van der Waals surface area contributed by atoms with Crippen molar-refractivity contribution in [3.05, 3.63) is 35.9 Å². The van der Waals surface area contributed by atoms with E-state index in [1.54, 1.807) is 0 Å². The first-order chi connectivity index (χ1) is 8.77. The minimum atomic E-state index is -0.129. The summed E-state index contributed by atoms with van der Waals surface area (Å²) in [5.41, 5.74) is 0.998. The van der Waals surface area contributed by atoms with Crippen molar-refractivity contribution in [3.8, 4) is 18.4 Å². The second-order valence-electron chi connectivity index (χ2n) is 3.70. The fraction of sp³-hybridized carbons (Fsp3) is 0.286. The SMILES string of the molecule is C#CCNCC(=O)N(CC#N)Cc1ccccc1. The van der Waals surface area contributed by atoms with Gasteiger partial charge in [0, 0.05) is 6.54 Å². The van der Waals surface area contributed by atoms with E-state index in [9.17, 15) is 4.79 Å². The first kappa shape index (κ1) is 13.8. The van der Waals surface area contributed by atoms with E-state index in [0.29, 0.717) is 13.1 Å². The second-order valence-corrected chi connectivity index (χ2v) is 3.70. The first-order valence-corrected chi connectivity index (χ1v) is 5.60. The zero-order valence-corrected chi connectivity index (χ0v) is 10.1. The van der Waals surface area contributed by atoms with Gasteiger partial charge in [0.05, 0.1) is 19.2 Å². The lowest BCUT2D eigenvalue weighted by Crippen LogP contribution is -2.38. The average Bonchev–Trinajstić information content (AvgIpc) is 2.39. The van der Waals surface area contributed by atoms with Crippen LogP contribution in [0.3, 0.4) is 0 Å². The topological polar surface area (TPSA) is 56.1 Å². The van der Waals surface area contributed by atoms with E-state index < -0.39 is 0 Å². The molecule has 0 aliphatic rings. The van der Waals surface area contributed by atoms with E-state index in [1.165, 1.54) is 4.90 Å². The molecule has 0 spiro atoms. The molecule has 0 aliphatic heterocycles. The number of carbonyl (C=O) groups excluding carboxylic acids is 1. The Morgan fingerprint density at radius 3 is 2.72 bits per heavy atom. The van der Waals surface area contributed by atoms with Crippen LogP contribution in [0.5, 0.6) is 0 Å². The summed E-state index contributed by atoms with van der Waals surface area (Å²) in [6.45, 7) is 1.01. The van der Waals surface area contributed by atoms with Gasteiger partial charge in [0.2, 0.25) is 5.91 Å². The van der Waals surface area contributed by atoms with Gasteiger partial charge in [0.15, 0.2) is 0 Å². The summed E-state index contributed by atoms with van der Waals surface area (Å²) in [5, 5.41) is 11.6. The maximum Gasteiger partial charge on any atom is 0.237 e. The Morgan fingerprint density at radius 2 is 2.11 bits per heavy atom. The van der Waals surface area contributed by atoms with Gasteiger partial charge in [-0.3, -0.25) is 10.1 Å². The molecule has 0 bridgehead atoms.